The first-order valence-electron chi connectivity index (χ1n) is 3.06. The van der Waals surface area contributed by atoms with Gasteiger partial charge in [-0.05, 0) is 13.3 Å². The molecule has 0 fully saturated rings. The highest BCUT2D eigenvalue weighted by Crippen LogP contribution is 1.91. The molecule has 0 aromatic heterocycles. The highest BCUT2D eigenvalue weighted by molar-refractivity contribution is 5.72. The van der Waals surface area contributed by atoms with Gasteiger partial charge in [-0.15, -0.1) is 11.8 Å². The number of nitrogens with two attached hydrogens (primary N) is 1. The predicted molar refractivity (Wildman–Crippen MR) is 38.3 cm³/mol. The minimum atomic E-state index is -0.960. The van der Waals surface area contributed by atoms with Gasteiger partial charge in [-0.25, -0.2) is 0 Å². The van der Waals surface area contributed by atoms with Gasteiger partial charge in [-0.1, -0.05) is 0 Å². The maximum absolute atomic E-state index is 10.1. The maximum atomic E-state index is 10.1. The summed E-state index contributed by atoms with van der Waals surface area (Å²) < 4.78 is 0. The minimum absolute atomic E-state index is 0.427. The van der Waals surface area contributed by atoms with Crippen molar-refractivity contribution in [1.82, 2.24) is 0 Å². The van der Waals surface area contributed by atoms with Gasteiger partial charge in [-0.3, -0.25) is 4.79 Å². The van der Waals surface area contributed by atoms with Gasteiger partial charge in [0.05, 0.1) is 0 Å². The van der Waals surface area contributed by atoms with Gasteiger partial charge in [-0.2, -0.15) is 0 Å². The molecular weight excluding hydrogens is 130 g/mol. The van der Waals surface area contributed by atoms with Crippen molar-refractivity contribution in [3.63, 3.8) is 0 Å². The third-order valence-corrected chi connectivity index (χ3v) is 1.07. The van der Waals surface area contributed by atoms with Crippen LogP contribution < -0.4 is 5.73 Å². The Morgan fingerprint density at radius 1 is 1.80 bits per heavy atom. The molecule has 0 aliphatic rings. The third kappa shape index (κ3) is 3.93. The molecule has 1 unspecified atom stereocenters. The molecule has 0 amide bonds. The fourth-order valence-electron chi connectivity index (χ4n) is 0.476. The Balaban J connectivity index is 3.46. The summed E-state index contributed by atoms with van der Waals surface area (Å²) >= 11 is 0. The molecule has 3 heteroatoms. The fourth-order valence-corrected chi connectivity index (χ4v) is 0.476. The van der Waals surface area contributed by atoms with E-state index in [9.17, 15) is 4.79 Å². The molecule has 0 aromatic rings. The predicted octanol–water partition coefficient (Wildman–Crippen LogP) is 0.202. The van der Waals surface area contributed by atoms with E-state index in [1.807, 2.05) is 0 Å². The molecular formula is C7H11NO2. The number of carbonyl (C=O) groups is 1. The van der Waals surface area contributed by atoms with Crippen LogP contribution in [0.2, 0.25) is 0 Å². The summed E-state index contributed by atoms with van der Waals surface area (Å²) in [6.45, 7) is 1.71. The topological polar surface area (TPSA) is 63.3 Å². The molecule has 56 valence electrons. The summed E-state index contributed by atoms with van der Waals surface area (Å²) in [4.78, 5) is 10.1. The van der Waals surface area contributed by atoms with E-state index in [0.717, 1.165) is 0 Å². The highest BCUT2D eigenvalue weighted by Gasteiger charge is 2.08. The monoisotopic (exact) mass is 141 g/mol. The second kappa shape index (κ2) is 4.83. The van der Waals surface area contributed by atoms with Crippen molar-refractivity contribution in [2.24, 2.45) is 5.73 Å². The zero-order chi connectivity index (χ0) is 7.98. The van der Waals surface area contributed by atoms with Crippen molar-refractivity contribution < 1.29 is 9.90 Å². The summed E-state index contributed by atoms with van der Waals surface area (Å²) in [5.41, 5.74) is 5.19. The molecule has 0 saturated heterocycles. The SMILES string of the molecule is CC#CCCC(N)C(=O)O. The summed E-state index contributed by atoms with van der Waals surface area (Å²) in [7, 11) is 0. The molecule has 0 rings (SSSR count). The van der Waals surface area contributed by atoms with Crippen LogP contribution in [-0.2, 0) is 4.79 Å². The highest BCUT2D eigenvalue weighted by atomic mass is 16.4. The van der Waals surface area contributed by atoms with Crippen LogP contribution in [0.15, 0.2) is 0 Å². The van der Waals surface area contributed by atoms with Crippen LogP contribution in [0.25, 0.3) is 0 Å². The molecule has 0 saturated carbocycles. The first kappa shape index (κ1) is 8.99. The summed E-state index contributed by atoms with van der Waals surface area (Å²) in [5, 5.41) is 8.31. The standard InChI is InChI=1S/C7H11NO2/c1-2-3-4-5-6(8)7(9)10/h6H,4-5,8H2,1H3,(H,9,10). The van der Waals surface area contributed by atoms with E-state index in [-0.39, 0.29) is 0 Å². The van der Waals surface area contributed by atoms with Crippen molar-refractivity contribution in [2.45, 2.75) is 25.8 Å². The van der Waals surface area contributed by atoms with Gasteiger partial charge >= 0.3 is 5.97 Å². The van der Waals surface area contributed by atoms with Crippen molar-refractivity contribution >= 4 is 5.97 Å². The molecule has 0 aliphatic heterocycles. The van der Waals surface area contributed by atoms with Gasteiger partial charge < -0.3 is 10.8 Å². The fraction of sp³-hybridized carbons (Fsp3) is 0.571. The number of rotatable bonds is 3. The number of aliphatic carboxylic acids is 1. The van der Waals surface area contributed by atoms with E-state index in [4.69, 9.17) is 10.8 Å². The van der Waals surface area contributed by atoms with Crippen molar-refractivity contribution in [2.75, 3.05) is 0 Å². The normalized spacial score (nSPS) is 11.4. The second-order valence-electron chi connectivity index (χ2n) is 1.91. The van der Waals surface area contributed by atoms with Gasteiger partial charge in [0.25, 0.3) is 0 Å². The molecule has 0 aliphatic carbocycles. The second-order valence-corrected chi connectivity index (χ2v) is 1.91. The molecule has 1 atom stereocenters. The number of hydrogen-bond donors (Lipinski definition) is 2. The van der Waals surface area contributed by atoms with Crippen molar-refractivity contribution in [3.05, 3.63) is 0 Å². The van der Waals surface area contributed by atoms with E-state index in [1.165, 1.54) is 0 Å². The van der Waals surface area contributed by atoms with E-state index in [0.29, 0.717) is 12.8 Å². The van der Waals surface area contributed by atoms with Crippen molar-refractivity contribution in [1.29, 1.82) is 0 Å². The zero-order valence-corrected chi connectivity index (χ0v) is 5.92. The van der Waals surface area contributed by atoms with Gasteiger partial charge in [0.2, 0.25) is 0 Å². The largest absolute Gasteiger partial charge is 0.480 e. The lowest BCUT2D eigenvalue weighted by Crippen LogP contribution is -2.29. The van der Waals surface area contributed by atoms with Crippen LogP contribution >= 0.6 is 0 Å². The van der Waals surface area contributed by atoms with E-state index in [1.54, 1.807) is 6.92 Å². The van der Waals surface area contributed by atoms with Crippen LogP contribution in [0.5, 0.6) is 0 Å². The zero-order valence-electron chi connectivity index (χ0n) is 5.92. The van der Waals surface area contributed by atoms with E-state index >= 15 is 0 Å². The van der Waals surface area contributed by atoms with Gasteiger partial charge in [0, 0.05) is 6.42 Å². The molecule has 0 radical (unpaired) electrons. The Bertz CT molecular complexity index is 166. The van der Waals surface area contributed by atoms with Crippen LogP contribution in [-0.4, -0.2) is 17.1 Å². The Morgan fingerprint density at radius 2 is 2.40 bits per heavy atom. The molecule has 3 nitrogen and oxygen atoms in total. The Hall–Kier alpha value is -1.01. The smallest absolute Gasteiger partial charge is 0.320 e. The average molecular weight is 141 g/mol. The number of hydrogen-bond acceptors (Lipinski definition) is 2. The summed E-state index contributed by atoms with van der Waals surface area (Å²) in [6.07, 6.45) is 0.986. The maximum Gasteiger partial charge on any atom is 0.320 e. The summed E-state index contributed by atoms with van der Waals surface area (Å²) in [6, 6.07) is -0.763. The molecule has 0 heterocycles. The average Bonchev–Trinajstić information content (AvgIpc) is 1.88. The Labute approximate surface area is 60.2 Å². The molecule has 0 spiro atoms. The number of carboxylic acids is 1. The van der Waals surface area contributed by atoms with Crippen molar-refractivity contribution in [3.8, 4) is 11.8 Å². The van der Waals surface area contributed by atoms with Gasteiger partial charge in [0.15, 0.2) is 0 Å². The summed E-state index contributed by atoms with van der Waals surface area (Å²) in [5.74, 6) is 4.44. The van der Waals surface area contributed by atoms with Crippen LogP contribution in [0.3, 0.4) is 0 Å². The first-order chi connectivity index (χ1) is 4.68. The molecule has 3 N–H and O–H groups in total. The minimum Gasteiger partial charge on any atom is -0.480 e. The lowest BCUT2D eigenvalue weighted by Gasteiger charge is -2.00. The van der Waals surface area contributed by atoms with Gasteiger partial charge in [0.1, 0.15) is 6.04 Å². The molecule has 0 aromatic carbocycles. The Kier molecular flexibility index (Phi) is 4.34. The first-order valence-corrected chi connectivity index (χ1v) is 3.06. The quantitative estimate of drug-likeness (QED) is 0.552. The third-order valence-electron chi connectivity index (χ3n) is 1.07. The van der Waals surface area contributed by atoms with Crippen LogP contribution in [0.1, 0.15) is 19.8 Å². The van der Waals surface area contributed by atoms with Crippen LogP contribution in [0, 0.1) is 11.8 Å². The number of carboxylic acid groups (broad SMARTS) is 1. The lowest BCUT2D eigenvalue weighted by atomic mass is 10.2. The molecule has 0 bridgehead atoms. The Morgan fingerprint density at radius 3 is 2.80 bits per heavy atom. The molecule has 10 heavy (non-hydrogen) atoms. The lowest BCUT2D eigenvalue weighted by molar-refractivity contribution is -0.138. The van der Waals surface area contributed by atoms with E-state index < -0.39 is 12.0 Å². The van der Waals surface area contributed by atoms with E-state index in [2.05, 4.69) is 11.8 Å². The van der Waals surface area contributed by atoms with Crippen LogP contribution in [0.4, 0.5) is 0 Å².